The van der Waals surface area contributed by atoms with E-state index in [1.54, 1.807) is 11.2 Å². The average molecular weight is 331 g/mol. The summed E-state index contributed by atoms with van der Waals surface area (Å²) in [6.45, 7) is 8.64. The summed E-state index contributed by atoms with van der Waals surface area (Å²) in [6.07, 6.45) is 1.30. The molecular formula is C18H25N3O3. The quantitative estimate of drug-likeness (QED) is 0.805. The molecule has 1 aromatic heterocycles. The van der Waals surface area contributed by atoms with E-state index >= 15 is 0 Å². The van der Waals surface area contributed by atoms with E-state index in [1.807, 2.05) is 51.4 Å². The molecule has 1 saturated heterocycles. The first-order valence-corrected chi connectivity index (χ1v) is 8.27. The number of ether oxygens (including phenoxy) is 2. The number of rotatable bonds is 1. The molecule has 24 heavy (non-hydrogen) atoms. The maximum absolute atomic E-state index is 12.4. The predicted octanol–water partition coefficient (Wildman–Crippen LogP) is 3.27. The van der Waals surface area contributed by atoms with E-state index in [1.165, 1.54) is 0 Å². The van der Waals surface area contributed by atoms with Gasteiger partial charge < -0.3 is 18.9 Å². The van der Waals surface area contributed by atoms with Gasteiger partial charge in [-0.1, -0.05) is 6.07 Å². The molecule has 1 aromatic carbocycles. The standard InChI is InChI=1S/C18H25N3O3/c1-12-9-21(17(22)24-18(2,3)4)10-16(23-12)13-6-7-14-15(8-13)20(5)11-19-14/h6-8,11-12,16H,9-10H2,1-5H3/t12-,16-/m1/s1. The Morgan fingerprint density at radius 1 is 1.33 bits per heavy atom. The van der Waals surface area contributed by atoms with Crippen molar-refractivity contribution in [2.24, 2.45) is 7.05 Å². The van der Waals surface area contributed by atoms with Gasteiger partial charge >= 0.3 is 6.09 Å². The van der Waals surface area contributed by atoms with Crippen molar-refractivity contribution in [2.45, 2.75) is 45.5 Å². The van der Waals surface area contributed by atoms with Crippen LogP contribution in [0.4, 0.5) is 4.79 Å². The van der Waals surface area contributed by atoms with Crippen molar-refractivity contribution >= 4 is 17.1 Å². The molecule has 1 aliphatic rings. The first-order chi connectivity index (χ1) is 11.2. The van der Waals surface area contributed by atoms with Gasteiger partial charge in [0.05, 0.1) is 36.6 Å². The summed E-state index contributed by atoms with van der Waals surface area (Å²) in [5.41, 5.74) is 2.56. The summed E-state index contributed by atoms with van der Waals surface area (Å²) < 4.78 is 13.6. The van der Waals surface area contributed by atoms with Crippen molar-refractivity contribution in [2.75, 3.05) is 13.1 Å². The van der Waals surface area contributed by atoms with Gasteiger partial charge in [-0.05, 0) is 45.4 Å². The molecule has 2 atom stereocenters. The summed E-state index contributed by atoms with van der Waals surface area (Å²) in [7, 11) is 1.97. The molecule has 0 bridgehead atoms. The zero-order chi connectivity index (χ0) is 17.5. The SMILES string of the molecule is C[C@@H]1CN(C(=O)OC(C)(C)C)C[C@H](c2ccc3ncn(C)c3c2)O1. The second-order valence-electron chi connectivity index (χ2n) is 7.42. The maximum atomic E-state index is 12.4. The fourth-order valence-electron chi connectivity index (χ4n) is 2.95. The maximum Gasteiger partial charge on any atom is 0.410 e. The molecule has 0 saturated carbocycles. The van der Waals surface area contributed by atoms with Crippen LogP contribution in [-0.2, 0) is 16.5 Å². The van der Waals surface area contributed by atoms with Crippen molar-refractivity contribution in [3.05, 3.63) is 30.1 Å². The van der Waals surface area contributed by atoms with Crippen LogP contribution in [0.2, 0.25) is 0 Å². The van der Waals surface area contributed by atoms with E-state index in [4.69, 9.17) is 9.47 Å². The summed E-state index contributed by atoms with van der Waals surface area (Å²) in [5.74, 6) is 0. The fourth-order valence-corrected chi connectivity index (χ4v) is 2.95. The molecule has 0 spiro atoms. The van der Waals surface area contributed by atoms with Crippen molar-refractivity contribution in [3.63, 3.8) is 0 Å². The zero-order valence-electron chi connectivity index (χ0n) is 14.9. The number of imidazole rings is 1. The largest absolute Gasteiger partial charge is 0.444 e. The molecule has 0 aliphatic carbocycles. The third-order valence-corrected chi connectivity index (χ3v) is 4.03. The molecule has 2 aromatic rings. The second kappa shape index (κ2) is 6.09. The van der Waals surface area contributed by atoms with Gasteiger partial charge in [-0.2, -0.15) is 0 Å². The number of fused-ring (bicyclic) bond motifs is 1. The first-order valence-electron chi connectivity index (χ1n) is 8.27. The van der Waals surface area contributed by atoms with E-state index in [0.29, 0.717) is 13.1 Å². The van der Waals surface area contributed by atoms with Gasteiger partial charge in [0.2, 0.25) is 0 Å². The van der Waals surface area contributed by atoms with E-state index in [0.717, 1.165) is 16.6 Å². The Hall–Kier alpha value is -2.08. The van der Waals surface area contributed by atoms with Gasteiger partial charge in [0, 0.05) is 7.05 Å². The highest BCUT2D eigenvalue weighted by atomic mass is 16.6. The van der Waals surface area contributed by atoms with Crippen molar-refractivity contribution in [1.29, 1.82) is 0 Å². The highest BCUT2D eigenvalue weighted by Crippen LogP contribution is 2.28. The van der Waals surface area contributed by atoms with Gasteiger partial charge in [0.15, 0.2) is 0 Å². The van der Waals surface area contributed by atoms with E-state index in [2.05, 4.69) is 11.1 Å². The molecule has 6 nitrogen and oxygen atoms in total. The normalized spacial score (nSPS) is 22.0. The van der Waals surface area contributed by atoms with Crippen LogP contribution in [0, 0.1) is 0 Å². The second-order valence-corrected chi connectivity index (χ2v) is 7.42. The Kier molecular flexibility index (Phi) is 4.25. The highest BCUT2D eigenvalue weighted by molar-refractivity contribution is 5.76. The van der Waals surface area contributed by atoms with Crippen molar-refractivity contribution < 1.29 is 14.3 Å². The Labute approximate surface area is 142 Å². The third kappa shape index (κ3) is 3.53. The van der Waals surface area contributed by atoms with E-state index in [-0.39, 0.29) is 18.3 Å². The minimum atomic E-state index is -0.498. The molecule has 6 heteroatoms. The van der Waals surface area contributed by atoms with Gasteiger partial charge in [0.1, 0.15) is 11.7 Å². The molecule has 0 radical (unpaired) electrons. The van der Waals surface area contributed by atoms with Crippen LogP contribution in [-0.4, -0.2) is 45.3 Å². The monoisotopic (exact) mass is 331 g/mol. The van der Waals surface area contributed by atoms with Crippen LogP contribution in [0.5, 0.6) is 0 Å². The minimum Gasteiger partial charge on any atom is -0.444 e. The van der Waals surface area contributed by atoms with E-state index in [9.17, 15) is 4.79 Å². The molecule has 3 rings (SSSR count). The van der Waals surface area contributed by atoms with Crippen LogP contribution in [0.15, 0.2) is 24.5 Å². The van der Waals surface area contributed by atoms with Gasteiger partial charge in [0.25, 0.3) is 0 Å². The van der Waals surface area contributed by atoms with Gasteiger partial charge in [-0.15, -0.1) is 0 Å². The van der Waals surface area contributed by atoms with Crippen LogP contribution in [0.25, 0.3) is 11.0 Å². The molecule has 2 heterocycles. The lowest BCUT2D eigenvalue weighted by Crippen LogP contribution is -2.47. The smallest absolute Gasteiger partial charge is 0.410 e. The van der Waals surface area contributed by atoms with Crippen LogP contribution in [0.1, 0.15) is 39.4 Å². The number of carbonyl (C=O) groups is 1. The highest BCUT2D eigenvalue weighted by Gasteiger charge is 2.32. The lowest BCUT2D eigenvalue weighted by Gasteiger charge is -2.37. The number of nitrogens with zero attached hydrogens (tertiary/aromatic N) is 3. The molecule has 1 aliphatic heterocycles. The van der Waals surface area contributed by atoms with Gasteiger partial charge in [-0.25, -0.2) is 9.78 Å². The van der Waals surface area contributed by atoms with Crippen molar-refractivity contribution in [1.82, 2.24) is 14.5 Å². The lowest BCUT2D eigenvalue weighted by molar-refractivity contribution is -0.0816. The molecular weight excluding hydrogens is 306 g/mol. The van der Waals surface area contributed by atoms with Gasteiger partial charge in [-0.3, -0.25) is 0 Å². The number of benzene rings is 1. The number of hydrogen-bond acceptors (Lipinski definition) is 4. The number of aromatic nitrogens is 2. The number of hydrogen-bond donors (Lipinski definition) is 0. The van der Waals surface area contributed by atoms with Crippen molar-refractivity contribution in [3.8, 4) is 0 Å². The molecule has 130 valence electrons. The summed E-state index contributed by atoms with van der Waals surface area (Å²) in [5, 5.41) is 0. The first kappa shape index (κ1) is 16.8. The minimum absolute atomic E-state index is 0.0431. The average Bonchev–Trinajstić information content (AvgIpc) is 2.86. The Bertz CT molecular complexity index is 748. The third-order valence-electron chi connectivity index (χ3n) is 4.03. The molecule has 1 amide bonds. The number of amides is 1. The molecule has 0 unspecified atom stereocenters. The van der Waals surface area contributed by atoms with Crippen LogP contribution < -0.4 is 0 Å². The molecule has 0 N–H and O–H groups in total. The number of morpholine rings is 1. The number of aryl methyl sites for hydroxylation is 1. The topological polar surface area (TPSA) is 56.6 Å². The van der Waals surface area contributed by atoms with Crippen LogP contribution in [0.3, 0.4) is 0 Å². The number of carbonyl (C=O) groups excluding carboxylic acids is 1. The summed E-state index contributed by atoms with van der Waals surface area (Å²) in [4.78, 5) is 18.5. The zero-order valence-corrected chi connectivity index (χ0v) is 14.9. The Morgan fingerprint density at radius 3 is 2.79 bits per heavy atom. The van der Waals surface area contributed by atoms with E-state index < -0.39 is 5.60 Å². The molecule has 1 fully saturated rings. The lowest BCUT2D eigenvalue weighted by atomic mass is 10.1. The Morgan fingerprint density at radius 2 is 2.08 bits per heavy atom. The van der Waals surface area contributed by atoms with Crippen LogP contribution >= 0.6 is 0 Å². The Balaban J connectivity index is 1.81. The summed E-state index contributed by atoms with van der Waals surface area (Å²) >= 11 is 0. The predicted molar refractivity (Wildman–Crippen MR) is 91.8 cm³/mol. The summed E-state index contributed by atoms with van der Waals surface area (Å²) in [6, 6.07) is 6.09. The fraction of sp³-hybridized carbons (Fsp3) is 0.556.